The quantitative estimate of drug-likeness (QED) is 0.887. The highest BCUT2D eigenvalue weighted by atomic mass is 15.5. The van der Waals surface area contributed by atoms with Gasteiger partial charge in [0, 0.05) is 18.6 Å². The Bertz CT molecular complexity index is 426. The van der Waals surface area contributed by atoms with E-state index < -0.39 is 0 Å². The van der Waals surface area contributed by atoms with Gasteiger partial charge in [-0.2, -0.15) is 5.26 Å². The summed E-state index contributed by atoms with van der Waals surface area (Å²) in [5.74, 6) is 0. The van der Waals surface area contributed by atoms with Crippen LogP contribution in [0.3, 0.4) is 0 Å². The van der Waals surface area contributed by atoms with Crippen molar-refractivity contribution in [1.82, 2.24) is 10.4 Å². The Kier molecular flexibility index (Phi) is 4.35. The number of piperidine rings is 1. The zero-order valence-corrected chi connectivity index (χ0v) is 11.2. The Morgan fingerprint density at radius 1 is 1.33 bits per heavy atom. The fourth-order valence-electron chi connectivity index (χ4n) is 2.67. The van der Waals surface area contributed by atoms with E-state index in [1.54, 1.807) is 0 Å². The molecule has 1 aliphatic heterocycles. The molecule has 0 bridgehead atoms. The van der Waals surface area contributed by atoms with Crippen LogP contribution >= 0.6 is 0 Å². The number of hydrogen-bond acceptors (Lipinski definition) is 3. The third-order valence-electron chi connectivity index (χ3n) is 3.72. The highest BCUT2D eigenvalue weighted by molar-refractivity contribution is 5.32. The van der Waals surface area contributed by atoms with Gasteiger partial charge in [-0.1, -0.05) is 18.6 Å². The molecule has 0 amide bonds. The van der Waals surface area contributed by atoms with Crippen LogP contribution in [0.2, 0.25) is 0 Å². The molecule has 1 N–H and O–H groups in total. The maximum atomic E-state index is 8.88. The Hall–Kier alpha value is -1.37. The van der Waals surface area contributed by atoms with Crippen LogP contribution in [0.5, 0.6) is 0 Å². The molecule has 3 nitrogen and oxygen atoms in total. The van der Waals surface area contributed by atoms with Gasteiger partial charge in [-0.15, -0.1) is 0 Å². The van der Waals surface area contributed by atoms with E-state index in [0.29, 0.717) is 12.1 Å². The van der Waals surface area contributed by atoms with E-state index >= 15 is 0 Å². The van der Waals surface area contributed by atoms with E-state index in [1.807, 2.05) is 18.2 Å². The van der Waals surface area contributed by atoms with Gasteiger partial charge in [-0.05, 0) is 44.4 Å². The van der Waals surface area contributed by atoms with Crippen LogP contribution in [0.1, 0.15) is 44.2 Å². The molecule has 0 aliphatic carbocycles. The van der Waals surface area contributed by atoms with Crippen molar-refractivity contribution in [3.05, 3.63) is 35.4 Å². The minimum absolute atomic E-state index is 0.591. The molecule has 3 heteroatoms. The summed E-state index contributed by atoms with van der Waals surface area (Å²) < 4.78 is 0. The lowest BCUT2D eigenvalue weighted by molar-refractivity contribution is 0.0435. The lowest BCUT2D eigenvalue weighted by Crippen LogP contribution is -2.51. The average Bonchev–Trinajstić information content (AvgIpc) is 2.38. The second-order valence-corrected chi connectivity index (χ2v) is 5.18. The first kappa shape index (κ1) is 13.1. The largest absolute Gasteiger partial charge is 0.250 e. The maximum absolute atomic E-state index is 8.88. The van der Waals surface area contributed by atoms with Crippen molar-refractivity contribution in [3.8, 4) is 6.07 Å². The van der Waals surface area contributed by atoms with Crippen LogP contribution in [0.4, 0.5) is 0 Å². The van der Waals surface area contributed by atoms with Crippen molar-refractivity contribution in [2.75, 3.05) is 0 Å². The van der Waals surface area contributed by atoms with Gasteiger partial charge < -0.3 is 0 Å². The van der Waals surface area contributed by atoms with Crippen LogP contribution in [-0.4, -0.2) is 17.1 Å². The van der Waals surface area contributed by atoms with Crippen molar-refractivity contribution < 1.29 is 0 Å². The lowest BCUT2D eigenvalue weighted by Gasteiger charge is -2.39. The van der Waals surface area contributed by atoms with Gasteiger partial charge >= 0.3 is 0 Å². The predicted molar refractivity (Wildman–Crippen MR) is 72.6 cm³/mol. The van der Waals surface area contributed by atoms with Crippen LogP contribution in [0.15, 0.2) is 24.3 Å². The Balaban J connectivity index is 1.96. The third kappa shape index (κ3) is 3.10. The molecule has 2 unspecified atom stereocenters. The van der Waals surface area contributed by atoms with E-state index in [1.165, 1.54) is 24.8 Å². The summed E-state index contributed by atoms with van der Waals surface area (Å²) >= 11 is 0. The maximum Gasteiger partial charge on any atom is 0.0991 e. The lowest BCUT2D eigenvalue weighted by atomic mass is 10.00. The van der Waals surface area contributed by atoms with Gasteiger partial charge in [-0.25, -0.2) is 5.01 Å². The molecule has 0 saturated carbocycles. The molecule has 96 valence electrons. The van der Waals surface area contributed by atoms with Crippen molar-refractivity contribution in [3.63, 3.8) is 0 Å². The summed E-state index contributed by atoms with van der Waals surface area (Å²) in [5.41, 5.74) is 5.41. The molecule has 1 saturated heterocycles. The summed E-state index contributed by atoms with van der Waals surface area (Å²) in [5, 5.41) is 11.2. The van der Waals surface area contributed by atoms with Gasteiger partial charge in [0.15, 0.2) is 0 Å². The molecule has 0 aromatic heterocycles. The first-order chi connectivity index (χ1) is 8.70. The van der Waals surface area contributed by atoms with Gasteiger partial charge in [0.05, 0.1) is 11.6 Å². The monoisotopic (exact) mass is 243 g/mol. The van der Waals surface area contributed by atoms with Crippen LogP contribution < -0.4 is 5.43 Å². The number of nitrogens with one attached hydrogen (secondary N) is 1. The second-order valence-electron chi connectivity index (χ2n) is 5.18. The molecule has 1 fully saturated rings. The van der Waals surface area contributed by atoms with Gasteiger partial charge in [-0.3, -0.25) is 5.43 Å². The number of benzene rings is 1. The second kappa shape index (κ2) is 5.99. The molecule has 2 atom stereocenters. The number of nitrogens with zero attached hydrogens (tertiary/aromatic N) is 2. The zero-order chi connectivity index (χ0) is 13.0. The summed E-state index contributed by atoms with van der Waals surface area (Å²) in [6.07, 6.45) is 3.84. The first-order valence-corrected chi connectivity index (χ1v) is 6.71. The van der Waals surface area contributed by atoms with Crippen LogP contribution in [0.25, 0.3) is 0 Å². The summed E-state index contributed by atoms with van der Waals surface area (Å²) in [6.45, 7) is 5.34. The van der Waals surface area contributed by atoms with Crippen molar-refractivity contribution in [2.45, 2.75) is 51.7 Å². The molecule has 1 aromatic carbocycles. The normalized spacial score (nSPS) is 24.7. The van der Waals surface area contributed by atoms with Gasteiger partial charge in [0.1, 0.15) is 0 Å². The predicted octanol–water partition coefficient (Wildman–Crippen LogP) is 2.83. The molecular formula is C15H21N3. The minimum Gasteiger partial charge on any atom is -0.250 e. The summed E-state index contributed by atoms with van der Waals surface area (Å²) in [6, 6.07) is 11.2. The topological polar surface area (TPSA) is 39.1 Å². The van der Waals surface area contributed by atoms with Gasteiger partial charge in [0.25, 0.3) is 0 Å². The molecule has 0 spiro atoms. The fourth-order valence-corrected chi connectivity index (χ4v) is 2.67. The number of hydrogen-bond donors (Lipinski definition) is 1. The highest BCUT2D eigenvalue weighted by Crippen LogP contribution is 2.20. The molecule has 1 aromatic rings. The average molecular weight is 243 g/mol. The number of hydrazine groups is 1. The van der Waals surface area contributed by atoms with Crippen molar-refractivity contribution in [2.24, 2.45) is 0 Å². The molecular weight excluding hydrogens is 222 g/mol. The molecule has 2 rings (SSSR count). The molecule has 1 aliphatic rings. The van der Waals surface area contributed by atoms with Crippen molar-refractivity contribution in [1.29, 1.82) is 5.26 Å². The SMILES string of the molecule is CC1CCCC(C)N1NCc1cccc(C#N)c1. The smallest absolute Gasteiger partial charge is 0.0991 e. The molecule has 1 heterocycles. The standard InChI is InChI=1S/C15H21N3/c1-12-5-3-6-13(2)18(12)17-11-15-8-4-7-14(9-15)10-16/h4,7-9,12-13,17H,3,5-6,11H2,1-2H3. The van der Waals surface area contributed by atoms with Crippen molar-refractivity contribution >= 4 is 0 Å². The van der Waals surface area contributed by atoms with E-state index in [-0.39, 0.29) is 0 Å². The molecule has 18 heavy (non-hydrogen) atoms. The number of rotatable bonds is 3. The van der Waals surface area contributed by atoms with Gasteiger partial charge in [0.2, 0.25) is 0 Å². The van der Waals surface area contributed by atoms with E-state index in [2.05, 4.69) is 36.4 Å². The van der Waals surface area contributed by atoms with E-state index in [9.17, 15) is 0 Å². The number of nitriles is 1. The van der Waals surface area contributed by atoms with Crippen LogP contribution in [0, 0.1) is 11.3 Å². The molecule has 0 radical (unpaired) electrons. The van der Waals surface area contributed by atoms with Crippen LogP contribution in [-0.2, 0) is 6.54 Å². The first-order valence-electron chi connectivity index (χ1n) is 6.71. The Morgan fingerprint density at radius 2 is 2.06 bits per heavy atom. The van der Waals surface area contributed by atoms with E-state index in [4.69, 9.17) is 5.26 Å². The summed E-state index contributed by atoms with van der Waals surface area (Å²) in [7, 11) is 0. The summed E-state index contributed by atoms with van der Waals surface area (Å²) in [4.78, 5) is 0. The zero-order valence-electron chi connectivity index (χ0n) is 11.2. The van der Waals surface area contributed by atoms with E-state index in [0.717, 1.165) is 12.1 Å². The third-order valence-corrected chi connectivity index (χ3v) is 3.72. The Labute approximate surface area is 109 Å². The highest BCUT2D eigenvalue weighted by Gasteiger charge is 2.23. The Morgan fingerprint density at radius 3 is 2.72 bits per heavy atom. The minimum atomic E-state index is 0.591. The fraction of sp³-hybridized carbons (Fsp3) is 0.533.